The Balaban J connectivity index is 1.71. The molecular weight excluding hydrogens is 312 g/mol. The number of likely N-dealkylation sites (tertiary alicyclic amines) is 1. The van der Waals surface area contributed by atoms with Gasteiger partial charge in [0.25, 0.3) is 0 Å². The van der Waals surface area contributed by atoms with Crippen molar-refractivity contribution >= 4 is 23.3 Å². The highest BCUT2D eigenvalue weighted by molar-refractivity contribution is 6.31. The lowest BCUT2D eigenvalue weighted by molar-refractivity contribution is -0.0607. The van der Waals surface area contributed by atoms with Crippen LogP contribution in [0.5, 0.6) is 0 Å². The highest BCUT2D eigenvalue weighted by Crippen LogP contribution is 2.44. The molecule has 5 heteroatoms. The fraction of sp³-hybridized carbons (Fsp3) is 0.611. The molecule has 0 aromatic heterocycles. The lowest BCUT2D eigenvalue weighted by Gasteiger charge is -2.40. The summed E-state index contributed by atoms with van der Waals surface area (Å²) < 4.78 is 0. The zero-order valence-corrected chi connectivity index (χ0v) is 14.6. The van der Waals surface area contributed by atoms with Crippen LogP contribution in [0.25, 0.3) is 0 Å². The van der Waals surface area contributed by atoms with Crippen molar-refractivity contribution in [1.29, 1.82) is 0 Å². The first kappa shape index (κ1) is 16.6. The van der Waals surface area contributed by atoms with E-state index in [0.29, 0.717) is 17.5 Å². The molecule has 126 valence electrons. The summed E-state index contributed by atoms with van der Waals surface area (Å²) in [5, 5.41) is 14.5. The molecule has 1 aromatic rings. The van der Waals surface area contributed by atoms with Crippen LogP contribution >= 0.6 is 11.6 Å². The number of rotatable bonds is 2. The molecule has 1 aliphatic heterocycles. The third kappa shape index (κ3) is 3.07. The number of hydrogen-bond donors (Lipinski definition) is 2. The van der Waals surface area contributed by atoms with Gasteiger partial charge in [-0.05, 0) is 49.8 Å². The zero-order chi connectivity index (χ0) is 16.6. The lowest BCUT2D eigenvalue weighted by atomic mass is 9.69. The normalized spacial score (nSPS) is 30.2. The monoisotopic (exact) mass is 336 g/mol. The van der Waals surface area contributed by atoms with E-state index in [4.69, 9.17) is 11.6 Å². The molecule has 1 aliphatic carbocycles. The van der Waals surface area contributed by atoms with Gasteiger partial charge in [-0.15, -0.1) is 0 Å². The van der Waals surface area contributed by atoms with Gasteiger partial charge in [0, 0.05) is 29.7 Å². The molecule has 3 rings (SSSR count). The second kappa shape index (κ2) is 6.33. The van der Waals surface area contributed by atoms with Gasteiger partial charge in [-0.3, -0.25) is 0 Å². The molecule has 1 saturated heterocycles. The summed E-state index contributed by atoms with van der Waals surface area (Å²) in [5.41, 5.74) is 1.02. The number of carbonyl (C=O) groups excluding carboxylic acids is 1. The van der Waals surface area contributed by atoms with Crippen LogP contribution in [0.2, 0.25) is 5.02 Å². The minimum Gasteiger partial charge on any atom is -0.390 e. The van der Waals surface area contributed by atoms with Crippen molar-refractivity contribution in [2.24, 2.45) is 11.8 Å². The van der Waals surface area contributed by atoms with Gasteiger partial charge in [0.1, 0.15) is 0 Å². The summed E-state index contributed by atoms with van der Waals surface area (Å²) in [7, 11) is 0. The standard InChI is InChI=1S/C18H25ClN2O2/c1-3-18(23)9-5-6-13-10-21(11-14(13)18)17(22)20-16-8-4-7-15(19)12(16)2/h4,7-8,13-14,23H,3,5-6,9-11H2,1-2H3,(H,20,22)/t13-,14+,18-/m1/s1. The second-order valence-corrected chi connectivity index (χ2v) is 7.37. The highest BCUT2D eigenvalue weighted by atomic mass is 35.5. The zero-order valence-electron chi connectivity index (χ0n) is 13.8. The predicted octanol–water partition coefficient (Wildman–Crippen LogP) is 4.05. The summed E-state index contributed by atoms with van der Waals surface area (Å²) in [6, 6.07) is 5.43. The minimum absolute atomic E-state index is 0.0942. The van der Waals surface area contributed by atoms with E-state index in [1.165, 1.54) is 0 Å². The number of carbonyl (C=O) groups is 1. The summed E-state index contributed by atoms with van der Waals surface area (Å²) in [6.45, 7) is 5.32. The molecule has 4 nitrogen and oxygen atoms in total. The predicted molar refractivity (Wildman–Crippen MR) is 92.9 cm³/mol. The third-order valence-corrected chi connectivity index (χ3v) is 6.13. The molecule has 0 radical (unpaired) electrons. The van der Waals surface area contributed by atoms with E-state index in [1.54, 1.807) is 0 Å². The van der Waals surface area contributed by atoms with Crippen LogP contribution < -0.4 is 5.32 Å². The van der Waals surface area contributed by atoms with Crippen molar-refractivity contribution in [2.45, 2.75) is 45.1 Å². The Labute approximate surface area is 142 Å². The van der Waals surface area contributed by atoms with Gasteiger partial charge in [-0.1, -0.05) is 31.0 Å². The van der Waals surface area contributed by atoms with Crippen LogP contribution in [0.3, 0.4) is 0 Å². The Morgan fingerprint density at radius 3 is 3.00 bits per heavy atom. The Kier molecular flexibility index (Phi) is 4.56. The minimum atomic E-state index is -0.607. The number of anilines is 1. The van der Waals surface area contributed by atoms with Crippen molar-refractivity contribution in [1.82, 2.24) is 4.90 Å². The van der Waals surface area contributed by atoms with Gasteiger partial charge in [0.05, 0.1) is 5.60 Å². The Bertz CT molecular complexity index is 607. The third-order valence-electron chi connectivity index (χ3n) is 5.72. The number of amides is 2. The van der Waals surface area contributed by atoms with E-state index < -0.39 is 5.60 Å². The summed E-state index contributed by atoms with van der Waals surface area (Å²) >= 11 is 6.11. The van der Waals surface area contributed by atoms with E-state index >= 15 is 0 Å². The van der Waals surface area contributed by atoms with Crippen LogP contribution in [-0.4, -0.2) is 34.7 Å². The topological polar surface area (TPSA) is 52.6 Å². The van der Waals surface area contributed by atoms with Crippen molar-refractivity contribution in [3.8, 4) is 0 Å². The molecule has 23 heavy (non-hydrogen) atoms. The average molecular weight is 337 g/mol. The van der Waals surface area contributed by atoms with Crippen LogP contribution in [0, 0.1) is 18.8 Å². The summed E-state index contributed by atoms with van der Waals surface area (Å²) in [5.74, 6) is 0.618. The molecule has 0 unspecified atom stereocenters. The van der Waals surface area contributed by atoms with Crippen molar-refractivity contribution < 1.29 is 9.90 Å². The number of nitrogens with one attached hydrogen (secondary N) is 1. The number of hydrogen-bond acceptors (Lipinski definition) is 2. The van der Waals surface area contributed by atoms with E-state index in [-0.39, 0.29) is 11.9 Å². The van der Waals surface area contributed by atoms with Crippen molar-refractivity contribution in [3.05, 3.63) is 28.8 Å². The van der Waals surface area contributed by atoms with Crippen molar-refractivity contribution in [2.75, 3.05) is 18.4 Å². The molecule has 1 saturated carbocycles. The fourth-order valence-corrected chi connectivity index (χ4v) is 4.34. The number of halogens is 1. The summed E-state index contributed by atoms with van der Waals surface area (Å²) in [4.78, 5) is 14.5. The SMILES string of the molecule is CC[C@@]1(O)CCC[C@@H]2CN(C(=O)Nc3cccc(Cl)c3C)C[C@@H]21. The molecule has 0 bridgehead atoms. The maximum Gasteiger partial charge on any atom is 0.321 e. The quantitative estimate of drug-likeness (QED) is 0.856. The van der Waals surface area contributed by atoms with Crippen LogP contribution in [-0.2, 0) is 0 Å². The molecule has 2 amide bonds. The Morgan fingerprint density at radius 1 is 1.48 bits per heavy atom. The van der Waals surface area contributed by atoms with Crippen molar-refractivity contribution in [3.63, 3.8) is 0 Å². The molecule has 3 atom stereocenters. The molecule has 2 fully saturated rings. The maximum atomic E-state index is 12.6. The van der Waals surface area contributed by atoms with Gasteiger partial charge in [-0.25, -0.2) is 4.79 Å². The molecule has 0 spiro atoms. The van der Waals surface area contributed by atoms with E-state index in [0.717, 1.165) is 43.5 Å². The number of urea groups is 1. The fourth-order valence-electron chi connectivity index (χ4n) is 4.17. The van der Waals surface area contributed by atoms with Gasteiger partial charge < -0.3 is 15.3 Å². The first-order valence-corrected chi connectivity index (χ1v) is 8.86. The smallest absolute Gasteiger partial charge is 0.321 e. The second-order valence-electron chi connectivity index (χ2n) is 6.96. The average Bonchev–Trinajstić information content (AvgIpc) is 2.98. The van der Waals surface area contributed by atoms with Gasteiger partial charge in [0.2, 0.25) is 0 Å². The number of benzene rings is 1. The molecular formula is C18H25ClN2O2. The Morgan fingerprint density at radius 2 is 2.26 bits per heavy atom. The van der Waals surface area contributed by atoms with Crippen LogP contribution in [0.1, 0.15) is 38.2 Å². The molecule has 1 aromatic carbocycles. The molecule has 1 heterocycles. The largest absolute Gasteiger partial charge is 0.390 e. The number of aliphatic hydroxyl groups is 1. The first-order valence-electron chi connectivity index (χ1n) is 8.48. The maximum absolute atomic E-state index is 12.6. The molecule has 2 N–H and O–H groups in total. The highest BCUT2D eigenvalue weighted by Gasteiger charge is 2.48. The number of fused-ring (bicyclic) bond motifs is 1. The van der Waals surface area contributed by atoms with E-state index in [9.17, 15) is 9.90 Å². The first-order chi connectivity index (χ1) is 10.9. The number of nitrogens with zero attached hydrogens (tertiary/aromatic N) is 1. The van der Waals surface area contributed by atoms with Crippen LogP contribution in [0.4, 0.5) is 10.5 Å². The van der Waals surface area contributed by atoms with E-state index in [1.807, 2.05) is 36.9 Å². The summed E-state index contributed by atoms with van der Waals surface area (Å²) in [6.07, 6.45) is 3.77. The van der Waals surface area contributed by atoms with Crippen LogP contribution in [0.15, 0.2) is 18.2 Å². The lowest BCUT2D eigenvalue weighted by Crippen LogP contribution is -2.44. The van der Waals surface area contributed by atoms with E-state index in [2.05, 4.69) is 5.32 Å². The van der Waals surface area contributed by atoms with Gasteiger partial charge >= 0.3 is 6.03 Å². The molecule has 2 aliphatic rings. The van der Waals surface area contributed by atoms with Gasteiger partial charge in [-0.2, -0.15) is 0 Å². The van der Waals surface area contributed by atoms with Gasteiger partial charge in [0.15, 0.2) is 0 Å². The Hall–Kier alpha value is -1.26.